The maximum Gasteiger partial charge on any atom is 0.0543 e. The Labute approximate surface area is 171 Å². The third-order valence-corrected chi connectivity index (χ3v) is 5.50. The second kappa shape index (κ2) is 7.10. The predicted octanol–water partition coefficient (Wildman–Crippen LogP) is 7.57. The van der Waals surface area contributed by atoms with E-state index < -0.39 is 0 Å². The molecule has 1 nitrogen and oxygen atoms in total. The van der Waals surface area contributed by atoms with Gasteiger partial charge in [-0.25, -0.2) is 0 Å². The van der Waals surface area contributed by atoms with Crippen LogP contribution in [0.4, 0.5) is 0 Å². The molecule has 0 unspecified atom stereocenters. The Kier molecular flexibility index (Phi) is 4.29. The Morgan fingerprint density at radius 2 is 1.07 bits per heavy atom. The zero-order valence-corrected chi connectivity index (χ0v) is 16.8. The number of fused-ring (bicyclic) bond motifs is 3. The first-order chi connectivity index (χ1) is 14.2. The smallest absolute Gasteiger partial charge is 0.0543 e. The van der Waals surface area contributed by atoms with Gasteiger partial charge < -0.3 is 4.57 Å². The molecule has 4 aromatic carbocycles. The van der Waals surface area contributed by atoms with Crippen molar-refractivity contribution >= 4 is 34.0 Å². The third kappa shape index (κ3) is 3.25. The SMILES string of the molecule is Cc1ccc2c3ccc(C)cc3n(-c3ccc(C=Cc4ccccc4)cc3)c2c1. The van der Waals surface area contributed by atoms with Gasteiger partial charge in [-0.1, -0.05) is 78.9 Å². The van der Waals surface area contributed by atoms with Crippen LogP contribution in [0.25, 0.3) is 39.6 Å². The van der Waals surface area contributed by atoms with Gasteiger partial charge >= 0.3 is 0 Å². The van der Waals surface area contributed by atoms with Crippen LogP contribution in [0.15, 0.2) is 91.0 Å². The molecule has 0 bridgehead atoms. The van der Waals surface area contributed by atoms with Gasteiger partial charge in [-0.2, -0.15) is 0 Å². The minimum atomic E-state index is 1.19. The minimum Gasteiger partial charge on any atom is -0.309 e. The fraction of sp³-hybridized carbons (Fsp3) is 0.0714. The van der Waals surface area contributed by atoms with E-state index in [4.69, 9.17) is 0 Å². The second-order valence-corrected chi connectivity index (χ2v) is 7.71. The normalized spacial score (nSPS) is 11.7. The zero-order valence-electron chi connectivity index (χ0n) is 16.8. The number of aromatic nitrogens is 1. The molecule has 0 aliphatic heterocycles. The summed E-state index contributed by atoms with van der Waals surface area (Å²) in [5.74, 6) is 0. The molecule has 29 heavy (non-hydrogen) atoms. The highest BCUT2D eigenvalue weighted by molar-refractivity contribution is 6.09. The Morgan fingerprint density at radius 3 is 1.62 bits per heavy atom. The molecule has 1 heteroatoms. The summed E-state index contributed by atoms with van der Waals surface area (Å²) in [4.78, 5) is 0. The third-order valence-electron chi connectivity index (χ3n) is 5.50. The van der Waals surface area contributed by atoms with Crippen molar-refractivity contribution in [3.8, 4) is 5.69 Å². The van der Waals surface area contributed by atoms with Crippen molar-refractivity contribution in [2.75, 3.05) is 0 Å². The van der Waals surface area contributed by atoms with E-state index in [1.807, 2.05) is 6.07 Å². The van der Waals surface area contributed by atoms with Gasteiger partial charge in [-0.05, 0) is 60.4 Å². The van der Waals surface area contributed by atoms with E-state index in [-0.39, 0.29) is 0 Å². The van der Waals surface area contributed by atoms with Crippen LogP contribution in [-0.2, 0) is 0 Å². The first-order valence-corrected chi connectivity index (χ1v) is 10.0. The van der Waals surface area contributed by atoms with Crippen LogP contribution >= 0.6 is 0 Å². The van der Waals surface area contributed by atoms with Gasteiger partial charge in [-0.15, -0.1) is 0 Å². The van der Waals surface area contributed by atoms with Crippen molar-refractivity contribution in [2.24, 2.45) is 0 Å². The second-order valence-electron chi connectivity index (χ2n) is 7.71. The number of aryl methyl sites for hydroxylation is 2. The Morgan fingerprint density at radius 1 is 0.552 bits per heavy atom. The molecule has 0 amide bonds. The van der Waals surface area contributed by atoms with Gasteiger partial charge in [0, 0.05) is 16.5 Å². The molecular formula is C28H23N. The Bertz CT molecular complexity index is 1280. The van der Waals surface area contributed by atoms with Crippen molar-refractivity contribution in [2.45, 2.75) is 13.8 Å². The molecule has 0 spiro atoms. The molecule has 0 aliphatic rings. The Balaban J connectivity index is 1.62. The fourth-order valence-electron chi connectivity index (χ4n) is 4.01. The molecule has 140 valence electrons. The van der Waals surface area contributed by atoms with Crippen LogP contribution in [0.2, 0.25) is 0 Å². The lowest BCUT2D eigenvalue weighted by Gasteiger charge is -2.09. The molecule has 0 fully saturated rings. The predicted molar refractivity (Wildman–Crippen MR) is 126 cm³/mol. The number of nitrogens with zero attached hydrogens (tertiary/aromatic N) is 1. The molecule has 0 atom stereocenters. The van der Waals surface area contributed by atoms with E-state index in [9.17, 15) is 0 Å². The number of rotatable bonds is 3. The fourth-order valence-corrected chi connectivity index (χ4v) is 4.01. The molecule has 0 radical (unpaired) electrons. The largest absolute Gasteiger partial charge is 0.309 e. The molecule has 5 aromatic rings. The van der Waals surface area contributed by atoms with Crippen molar-refractivity contribution < 1.29 is 0 Å². The van der Waals surface area contributed by atoms with Gasteiger partial charge in [0.25, 0.3) is 0 Å². The summed E-state index contributed by atoms with van der Waals surface area (Å²) < 4.78 is 2.38. The van der Waals surface area contributed by atoms with Crippen molar-refractivity contribution in [3.63, 3.8) is 0 Å². The molecule has 1 heterocycles. The van der Waals surface area contributed by atoms with Crippen molar-refractivity contribution in [3.05, 3.63) is 113 Å². The topological polar surface area (TPSA) is 4.93 Å². The maximum atomic E-state index is 2.38. The highest BCUT2D eigenvalue weighted by Crippen LogP contribution is 2.33. The van der Waals surface area contributed by atoms with Gasteiger partial charge in [0.15, 0.2) is 0 Å². The number of benzene rings is 4. The summed E-state index contributed by atoms with van der Waals surface area (Å²) in [5, 5.41) is 2.61. The molecule has 1 aromatic heterocycles. The van der Waals surface area contributed by atoms with E-state index in [1.165, 1.54) is 49.7 Å². The average molecular weight is 373 g/mol. The van der Waals surface area contributed by atoms with Crippen LogP contribution in [0.5, 0.6) is 0 Å². The van der Waals surface area contributed by atoms with E-state index >= 15 is 0 Å². The summed E-state index contributed by atoms with van der Waals surface area (Å²) in [6.07, 6.45) is 4.32. The highest BCUT2D eigenvalue weighted by Gasteiger charge is 2.12. The quantitative estimate of drug-likeness (QED) is 0.287. The maximum absolute atomic E-state index is 2.38. The average Bonchev–Trinajstić information content (AvgIpc) is 3.05. The van der Waals surface area contributed by atoms with Gasteiger partial charge in [-0.3, -0.25) is 0 Å². The molecule has 5 rings (SSSR count). The van der Waals surface area contributed by atoms with Crippen molar-refractivity contribution in [1.82, 2.24) is 4.57 Å². The lowest BCUT2D eigenvalue weighted by Crippen LogP contribution is -1.94. The van der Waals surface area contributed by atoms with E-state index in [0.717, 1.165) is 0 Å². The molecule has 0 saturated heterocycles. The summed E-state index contributed by atoms with van der Waals surface area (Å²) in [6, 6.07) is 32.7. The van der Waals surface area contributed by atoms with E-state index in [2.05, 4.69) is 115 Å². The van der Waals surface area contributed by atoms with E-state index in [0.29, 0.717) is 0 Å². The van der Waals surface area contributed by atoms with Crippen molar-refractivity contribution in [1.29, 1.82) is 0 Å². The molecule has 0 N–H and O–H groups in total. The summed E-state index contributed by atoms with van der Waals surface area (Å²) in [5.41, 5.74) is 8.69. The van der Waals surface area contributed by atoms with Gasteiger partial charge in [0.1, 0.15) is 0 Å². The van der Waals surface area contributed by atoms with Crippen LogP contribution in [0.1, 0.15) is 22.3 Å². The standard InChI is InChI=1S/C28H23N/c1-20-8-16-25-26-17-9-21(2)19-28(26)29(27(25)18-20)24-14-12-23(13-15-24)11-10-22-6-4-3-5-7-22/h3-19H,1-2H3. The van der Waals surface area contributed by atoms with E-state index in [1.54, 1.807) is 0 Å². The minimum absolute atomic E-state index is 1.19. The Hall–Kier alpha value is -3.58. The lowest BCUT2D eigenvalue weighted by molar-refractivity contribution is 1.17. The van der Waals surface area contributed by atoms with Gasteiger partial charge in [0.2, 0.25) is 0 Å². The number of hydrogen-bond acceptors (Lipinski definition) is 0. The monoisotopic (exact) mass is 373 g/mol. The summed E-state index contributed by atoms with van der Waals surface area (Å²) in [7, 11) is 0. The van der Waals surface area contributed by atoms with Crippen LogP contribution in [-0.4, -0.2) is 4.57 Å². The molecule has 0 aliphatic carbocycles. The molecular weight excluding hydrogens is 350 g/mol. The summed E-state index contributed by atoms with van der Waals surface area (Å²) in [6.45, 7) is 4.31. The lowest BCUT2D eigenvalue weighted by atomic mass is 10.1. The summed E-state index contributed by atoms with van der Waals surface area (Å²) >= 11 is 0. The zero-order chi connectivity index (χ0) is 19.8. The highest BCUT2D eigenvalue weighted by atomic mass is 15.0. The first-order valence-electron chi connectivity index (χ1n) is 10.0. The molecule has 0 saturated carbocycles. The van der Waals surface area contributed by atoms with Crippen LogP contribution in [0.3, 0.4) is 0 Å². The number of hydrogen-bond donors (Lipinski definition) is 0. The van der Waals surface area contributed by atoms with Crippen LogP contribution in [0, 0.1) is 13.8 Å². The van der Waals surface area contributed by atoms with Gasteiger partial charge in [0.05, 0.1) is 11.0 Å². The van der Waals surface area contributed by atoms with Crippen LogP contribution < -0.4 is 0 Å². The first kappa shape index (κ1) is 17.5.